The Balaban J connectivity index is 2.01. The maximum absolute atomic E-state index is 10.7. The number of fused-ring (bicyclic) bond motifs is 2. The second-order valence-corrected chi connectivity index (χ2v) is 6.94. The molecule has 2 aliphatic rings. The van der Waals surface area contributed by atoms with Gasteiger partial charge in [0.2, 0.25) is 0 Å². The molecule has 3 rings (SSSR count). The lowest BCUT2D eigenvalue weighted by Crippen LogP contribution is -2.35. The summed E-state index contributed by atoms with van der Waals surface area (Å²) in [6.07, 6.45) is 4.19. The van der Waals surface area contributed by atoms with Crippen molar-refractivity contribution in [1.82, 2.24) is 0 Å². The summed E-state index contributed by atoms with van der Waals surface area (Å²) < 4.78 is 0. The smallest absolute Gasteiger partial charge is 0.0815 e. The molecule has 0 heterocycles. The Morgan fingerprint density at radius 2 is 1.84 bits per heavy atom. The molecular weight excluding hydrogens is 234 g/mol. The number of benzene rings is 1. The lowest BCUT2D eigenvalue weighted by atomic mass is 9.70. The van der Waals surface area contributed by atoms with Gasteiger partial charge in [-0.25, -0.2) is 0 Å². The van der Waals surface area contributed by atoms with E-state index in [-0.39, 0.29) is 16.9 Å². The molecule has 0 amide bonds. The summed E-state index contributed by atoms with van der Waals surface area (Å²) in [5.41, 5.74) is 9.05. The monoisotopic (exact) mass is 257 g/mol. The minimum atomic E-state index is -0.307. The summed E-state index contributed by atoms with van der Waals surface area (Å²) in [6.45, 7) is 6.84. The maximum atomic E-state index is 10.7. The van der Waals surface area contributed by atoms with Gasteiger partial charge in [-0.1, -0.05) is 39.0 Å². The fourth-order valence-electron chi connectivity index (χ4n) is 4.12. The third kappa shape index (κ3) is 1.59. The van der Waals surface area contributed by atoms with E-state index in [1.807, 2.05) is 24.3 Å². The van der Waals surface area contributed by atoms with Crippen LogP contribution in [-0.2, 0) is 0 Å². The maximum Gasteiger partial charge on any atom is 0.0815 e. The van der Waals surface area contributed by atoms with Crippen LogP contribution in [0.3, 0.4) is 0 Å². The van der Waals surface area contributed by atoms with E-state index in [9.17, 15) is 5.11 Å². The lowest BCUT2D eigenvalue weighted by Gasteiger charge is -2.36. The Hall–Kier alpha value is -1.28. The van der Waals surface area contributed by atoms with Crippen LogP contribution in [0.2, 0.25) is 0 Å². The highest BCUT2D eigenvalue weighted by Crippen LogP contribution is 2.67. The summed E-state index contributed by atoms with van der Waals surface area (Å²) >= 11 is 0. The number of nitrogen functional groups attached to an aromatic ring is 1. The predicted octanol–water partition coefficient (Wildman–Crippen LogP) is 3.47. The van der Waals surface area contributed by atoms with E-state index in [0.717, 1.165) is 17.7 Å². The van der Waals surface area contributed by atoms with Crippen LogP contribution in [0.15, 0.2) is 29.8 Å². The molecule has 2 bridgehead atoms. The van der Waals surface area contributed by atoms with Crippen LogP contribution in [0.4, 0.5) is 5.69 Å². The van der Waals surface area contributed by atoms with Crippen molar-refractivity contribution in [1.29, 1.82) is 0 Å². The molecule has 1 aromatic carbocycles. The SMILES string of the molecule is CC1(C)C2CC[C@@]1(C)C(O)/C2=C\c1ccc(N)cc1. The summed E-state index contributed by atoms with van der Waals surface area (Å²) in [5.74, 6) is 0.505. The van der Waals surface area contributed by atoms with Crippen LogP contribution in [-0.4, -0.2) is 11.2 Å². The summed E-state index contributed by atoms with van der Waals surface area (Å²) in [4.78, 5) is 0. The van der Waals surface area contributed by atoms with Crippen molar-refractivity contribution in [2.45, 2.75) is 39.7 Å². The van der Waals surface area contributed by atoms with Gasteiger partial charge in [0.15, 0.2) is 0 Å². The van der Waals surface area contributed by atoms with Gasteiger partial charge in [-0.2, -0.15) is 0 Å². The van der Waals surface area contributed by atoms with Gasteiger partial charge in [0, 0.05) is 11.1 Å². The van der Waals surface area contributed by atoms with Gasteiger partial charge in [-0.15, -0.1) is 0 Å². The zero-order valence-corrected chi connectivity index (χ0v) is 12.0. The van der Waals surface area contributed by atoms with Gasteiger partial charge >= 0.3 is 0 Å². The Kier molecular flexibility index (Phi) is 2.59. The van der Waals surface area contributed by atoms with E-state index in [1.165, 1.54) is 12.0 Å². The molecular formula is C17H23NO. The van der Waals surface area contributed by atoms with Gasteiger partial charge in [0.25, 0.3) is 0 Å². The number of anilines is 1. The molecule has 0 saturated heterocycles. The fourth-order valence-corrected chi connectivity index (χ4v) is 4.12. The van der Waals surface area contributed by atoms with Gasteiger partial charge in [-0.05, 0) is 47.4 Å². The highest BCUT2D eigenvalue weighted by molar-refractivity contribution is 5.59. The van der Waals surface area contributed by atoms with Crippen molar-refractivity contribution in [2.24, 2.45) is 16.7 Å². The van der Waals surface area contributed by atoms with Gasteiger partial charge < -0.3 is 10.8 Å². The Bertz CT molecular complexity index is 529. The minimum Gasteiger partial charge on any atom is -0.399 e. The van der Waals surface area contributed by atoms with Crippen LogP contribution in [0.25, 0.3) is 6.08 Å². The molecule has 2 nitrogen and oxygen atoms in total. The topological polar surface area (TPSA) is 46.2 Å². The Labute approximate surface area is 115 Å². The van der Waals surface area contributed by atoms with Crippen LogP contribution >= 0.6 is 0 Å². The van der Waals surface area contributed by atoms with Crippen molar-refractivity contribution >= 4 is 11.8 Å². The molecule has 0 aromatic heterocycles. The standard InChI is InChI=1S/C17H23NO/c1-16(2)14-8-9-17(16,3)15(19)13(14)10-11-4-6-12(18)7-5-11/h4-7,10,14-15,19H,8-9,18H2,1-3H3/b13-10-/t14?,15?,17-/m0/s1. The molecule has 0 spiro atoms. The van der Waals surface area contributed by atoms with E-state index in [4.69, 9.17) is 5.73 Å². The highest BCUT2D eigenvalue weighted by Gasteiger charge is 2.63. The summed E-state index contributed by atoms with van der Waals surface area (Å²) in [7, 11) is 0. The van der Waals surface area contributed by atoms with E-state index in [0.29, 0.717) is 5.92 Å². The zero-order chi connectivity index (χ0) is 13.8. The number of nitrogens with two attached hydrogens (primary N) is 1. The van der Waals surface area contributed by atoms with Gasteiger partial charge in [0.1, 0.15) is 0 Å². The second-order valence-electron chi connectivity index (χ2n) is 6.94. The molecule has 2 saturated carbocycles. The first-order valence-corrected chi connectivity index (χ1v) is 7.11. The number of hydrogen-bond acceptors (Lipinski definition) is 2. The average Bonchev–Trinajstić information content (AvgIpc) is 2.66. The van der Waals surface area contributed by atoms with E-state index >= 15 is 0 Å². The fraction of sp³-hybridized carbons (Fsp3) is 0.529. The highest BCUT2D eigenvalue weighted by atomic mass is 16.3. The van der Waals surface area contributed by atoms with Crippen LogP contribution in [0, 0.1) is 16.7 Å². The largest absolute Gasteiger partial charge is 0.399 e. The second kappa shape index (κ2) is 3.86. The molecule has 2 fully saturated rings. The third-order valence-corrected chi connectivity index (χ3v) is 5.89. The molecule has 102 valence electrons. The molecule has 3 atom stereocenters. The first-order valence-electron chi connectivity index (χ1n) is 7.11. The van der Waals surface area contributed by atoms with Crippen molar-refractivity contribution in [3.63, 3.8) is 0 Å². The molecule has 0 radical (unpaired) electrons. The number of hydrogen-bond donors (Lipinski definition) is 2. The zero-order valence-electron chi connectivity index (χ0n) is 12.0. The lowest BCUT2D eigenvalue weighted by molar-refractivity contribution is 0.0264. The predicted molar refractivity (Wildman–Crippen MR) is 79.5 cm³/mol. The number of rotatable bonds is 1. The normalized spacial score (nSPS) is 38.0. The van der Waals surface area contributed by atoms with Crippen molar-refractivity contribution in [3.05, 3.63) is 35.4 Å². The van der Waals surface area contributed by atoms with Gasteiger partial charge in [0.05, 0.1) is 6.10 Å². The molecule has 19 heavy (non-hydrogen) atoms. The van der Waals surface area contributed by atoms with E-state index in [2.05, 4.69) is 26.8 Å². The average molecular weight is 257 g/mol. The van der Waals surface area contributed by atoms with Crippen LogP contribution < -0.4 is 5.73 Å². The number of aliphatic hydroxyl groups is 1. The van der Waals surface area contributed by atoms with Gasteiger partial charge in [-0.3, -0.25) is 0 Å². The first-order chi connectivity index (χ1) is 8.86. The molecule has 1 aromatic rings. The van der Waals surface area contributed by atoms with Crippen molar-refractivity contribution < 1.29 is 5.11 Å². The summed E-state index contributed by atoms with van der Waals surface area (Å²) in [6, 6.07) is 7.88. The van der Waals surface area contributed by atoms with E-state index in [1.54, 1.807) is 0 Å². The van der Waals surface area contributed by atoms with Crippen LogP contribution in [0.1, 0.15) is 39.2 Å². The van der Waals surface area contributed by atoms with Crippen LogP contribution in [0.5, 0.6) is 0 Å². The molecule has 2 heteroatoms. The Morgan fingerprint density at radius 3 is 2.37 bits per heavy atom. The quantitative estimate of drug-likeness (QED) is 0.757. The Morgan fingerprint density at radius 1 is 1.21 bits per heavy atom. The molecule has 3 N–H and O–H groups in total. The van der Waals surface area contributed by atoms with E-state index < -0.39 is 0 Å². The summed E-state index contributed by atoms with van der Waals surface area (Å²) in [5, 5.41) is 10.7. The van der Waals surface area contributed by atoms with Crippen molar-refractivity contribution in [2.75, 3.05) is 5.73 Å². The number of aliphatic hydroxyl groups excluding tert-OH is 1. The molecule has 2 aliphatic carbocycles. The molecule has 0 aliphatic heterocycles. The first kappa shape index (κ1) is 12.7. The van der Waals surface area contributed by atoms with Crippen molar-refractivity contribution in [3.8, 4) is 0 Å². The molecule has 2 unspecified atom stereocenters. The minimum absolute atomic E-state index is 0.0251. The third-order valence-electron chi connectivity index (χ3n) is 5.89.